The number of nitrogens with zero attached hydrogens (tertiary/aromatic N) is 1. The van der Waals surface area contributed by atoms with Gasteiger partial charge in [0.1, 0.15) is 0 Å². The van der Waals surface area contributed by atoms with Crippen LogP contribution in [0.25, 0.3) is 0 Å². The number of anilines is 1. The van der Waals surface area contributed by atoms with E-state index in [2.05, 4.69) is 10.5 Å². The van der Waals surface area contributed by atoms with Crippen LogP contribution >= 0.6 is 11.6 Å². The van der Waals surface area contributed by atoms with Crippen LogP contribution in [0.2, 0.25) is 5.02 Å². The minimum Gasteiger partial charge on any atom is -0.279 e. The second-order valence-corrected chi connectivity index (χ2v) is 4.51. The van der Waals surface area contributed by atoms with Crippen LogP contribution in [0.3, 0.4) is 0 Å². The summed E-state index contributed by atoms with van der Waals surface area (Å²) in [5, 5.41) is 3.18. The van der Waals surface area contributed by atoms with E-state index in [9.17, 15) is 17.6 Å². The normalized spacial score (nSPS) is 11.9. The number of benzene rings is 2. The van der Waals surface area contributed by atoms with Crippen molar-refractivity contribution in [2.45, 2.75) is 6.18 Å². The highest BCUT2D eigenvalue weighted by molar-refractivity contribution is 6.31. The first-order valence-corrected chi connectivity index (χ1v) is 6.16. The molecule has 0 saturated heterocycles. The molecule has 0 heterocycles. The molecule has 0 bridgehead atoms. The molecule has 0 radical (unpaired) electrons. The zero-order valence-corrected chi connectivity index (χ0v) is 11.2. The van der Waals surface area contributed by atoms with Crippen molar-refractivity contribution >= 4 is 23.5 Å². The monoisotopic (exact) mass is 316 g/mol. The molecule has 0 amide bonds. The Labute approximate surface area is 123 Å². The van der Waals surface area contributed by atoms with Gasteiger partial charge in [-0.3, -0.25) is 5.43 Å². The van der Waals surface area contributed by atoms with Crippen molar-refractivity contribution in [3.63, 3.8) is 0 Å². The van der Waals surface area contributed by atoms with Crippen LogP contribution in [0.5, 0.6) is 0 Å². The summed E-state index contributed by atoms with van der Waals surface area (Å²) in [7, 11) is 0. The molecular weight excluding hydrogens is 308 g/mol. The predicted octanol–water partition coefficient (Wildman–Crippen LogP) is 4.94. The first-order chi connectivity index (χ1) is 9.88. The van der Waals surface area contributed by atoms with E-state index in [0.717, 1.165) is 12.3 Å². The number of para-hydroxylation sites is 1. The van der Waals surface area contributed by atoms with Crippen molar-refractivity contribution in [2.24, 2.45) is 5.10 Å². The fraction of sp³-hybridized carbons (Fsp3) is 0.0714. The molecular formula is C14H9ClF4N2. The van der Waals surface area contributed by atoms with E-state index in [1.165, 1.54) is 0 Å². The zero-order valence-electron chi connectivity index (χ0n) is 10.5. The summed E-state index contributed by atoms with van der Waals surface area (Å²) < 4.78 is 51.3. The SMILES string of the molecule is Fc1c(Cl)cc(C=NNc2ccccc2)cc1C(F)(F)F. The van der Waals surface area contributed by atoms with Gasteiger partial charge in [0.05, 0.1) is 22.5 Å². The topological polar surface area (TPSA) is 24.4 Å². The molecule has 2 nitrogen and oxygen atoms in total. The molecule has 110 valence electrons. The lowest BCUT2D eigenvalue weighted by Crippen LogP contribution is -2.09. The lowest BCUT2D eigenvalue weighted by Gasteiger charge is -2.09. The summed E-state index contributed by atoms with van der Waals surface area (Å²) in [6, 6.07) is 10.5. The van der Waals surface area contributed by atoms with Crippen LogP contribution in [0, 0.1) is 5.82 Å². The molecule has 0 unspecified atom stereocenters. The zero-order chi connectivity index (χ0) is 15.5. The molecule has 0 aliphatic rings. The summed E-state index contributed by atoms with van der Waals surface area (Å²) in [6.07, 6.45) is -3.68. The lowest BCUT2D eigenvalue weighted by molar-refractivity contribution is -0.140. The standard InChI is InChI=1S/C14H9ClF4N2/c15-12-7-9(6-11(13(12)16)14(17,18)19)8-20-21-10-4-2-1-3-5-10/h1-8,21H. The molecule has 2 aromatic rings. The maximum Gasteiger partial charge on any atom is 0.419 e. The van der Waals surface area contributed by atoms with Gasteiger partial charge in [0.15, 0.2) is 5.82 Å². The average Bonchev–Trinajstić information content (AvgIpc) is 2.42. The summed E-state index contributed by atoms with van der Waals surface area (Å²) in [6.45, 7) is 0. The molecule has 2 aromatic carbocycles. The Morgan fingerprint density at radius 2 is 1.76 bits per heavy atom. The van der Waals surface area contributed by atoms with Gasteiger partial charge in [-0.05, 0) is 29.8 Å². The van der Waals surface area contributed by atoms with Gasteiger partial charge in [-0.15, -0.1) is 0 Å². The second kappa shape index (κ2) is 6.13. The molecule has 7 heteroatoms. The fourth-order valence-electron chi connectivity index (χ4n) is 1.58. The molecule has 21 heavy (non-hydrogen) atoms. The van der Waals surface area contributed by atoms with E-state index in [4.69, 9.17) is 11.6 Å². The Morgan fingerprint density at radius 1 is 1.10 bits per heavy atom. The Kier molecular flexibility index (Phi) is 4.47. The smallest absolute Gasteiger partial charge is 0.279 e. The van der Waals surface area contributed by atoms with Gasteiger partial charge in [0, 0.05) is 0 Å². The van der Waals surface area contributed by atoms with Gasteiger partial charge in [-0.1, -0.05) is 29.8 Å². The fourth-order valence-corrected chi connectivity index (χ4v) is 1.81. The van der Waals surface area contributed by atoms with Crippen LogP contribution in [-0.2, 0) is 6.18 Å². The van der Waals surface area contributed by atoms with E-state index >= 15 is 0 Å². The highest BCUT2D eigenvalue weighted by atomic mass is 35.5. The number of halogens is 5. The third-order valence-electron chi connectivity index (χ3n) is 2.54. The van der Waals surface area contributed by atoms with Gasteiger partial charge in [-0.25, -0.2) is 4.39 Å². The number of nitrogens with one attached hydrogen (secondary N) is 1. The van der Waals surface area contributed by atoms with Crippen LogP contribution in [0.15, 0.2) is 47.6 Å². The summed E-state index contributed by atoms with van der Waals surface area (Å²) >= 11 is 5.46. The molecule has 0 fully saturated rings. The molecule has 0 spiro atoms. The third-order valence-corrected chi connectivity index (χ3v) is 2.81. The number of hydrogen-bond donors (Lipinski definition) is 1. The maximum atomic E-state index is 13.4. The van der Waals surface area contributed by atoms with Crippen LogP contribution in [-0.4, -0.2) is 6.21 Å². The van der Waals surface area contributed by atoms with Gasteiger partial charge in [0.25, 0.3) is 0 Å². The van der Waals surface area contributed by atoms with Crippen molar-refractivity contribution in [1.29, 1.82) is 0 Å². The van der Waals surface area contributed by atoms with Gasteiger partial charge in [0.2, 0.25) is 0 Å². The van der Waals surface area contributed by atoms with Crippen LogP contribution < -0.4 is 5.43 Å². The number of hydrogen-bond acceptors (Lipinski definition) is 2. The largest absolute Gasteiger partial charge is 0.419 e. The molecule has 0 aliphatic heterocycles. The lowest BCUT2D eigenvalue weighted by atomic mass is 10.1. The minimum absolute atomic E-state index is 0.0390. The highest BCUT2D eigenvalue weighted by Crippen LogP contribution is 2.34. The quantitative estimate of drug-likeness (QED) is 0.484. The average molecular weight is 317 g/mol. The van der Waals surface area contributed by atoms with E-state index in [1.807, 2.05) is 6.07 Å². The van der Waals surface area contributed by atoms with Crippen molar-refractivity contribution in [2.75, 3.05) is 5.43 Å². The third kappa shape index (κ3) is 3.95. The molecule has 0 aliphatic carbocycles. The first kappa shape index (κ1) is 15.3. The van der Waals surface area contributed by atoms with Crippen molar-refractivity contribution in [1.82, 2.24) is 0 Å². The summed E-state index contributed by atoms with van der Waals surface area (Å²) in [5.74, 6) is -1.49. The summed E-state index contributed by atoms with van der Waals surface area (Å²) in [5.41, 5.74) is 1.92. The summed E-state index contributed by atoms with van der Waals surface area (Å²) in [4.78, 5) is 0. The highest BCUT2D eigenvalue weighted by Gasteiger charge is 2.35. The van der Waals surface area contributed by atoms with Crippen LogP contribution in [0.1, 0.15) is 11.1 Å². The van der Waals surface area contributed by atoms with Gasteiger partial charge in [-0.2, -0.15) is 18.3 Å². The Bertz CT molecular complexity index is 654. The van der Waals surface area contributed by atoms with Crippen LogP contribution in [0.4, 0.5) is 23.2 Å². The molecule has 0 atom stereocenters. The molecule has 1 N–H and O–H groups in total. The number of rotatable bonds is 3. The van der Waals surface area contributed by atoms with E-state index in [1.54, 1.807) is 24.3 Å². The minimum atomic E-state index is -4.82. The van der Waals surface area contributed by atoms with Gasteiger partial charge >= 0.3 is 6.18 Å². The van der Waals surface area contributed by atoms with Crippen molar-refractivity contribution in [3.8, 4) is 0 Å². The Hall–Kier alpha value is -2.08. The maximum absolute atomic E-state index is 13.4. The second-order valence-electron chi connectivity index (χ2n) is 4.10. The Balaban J connectivity index is 2.23. The Morgan fingerprint density at radius 3 is 2.38 bits per heavy atom. The van der Waals surface area contributed by atoms with E-state index in [-0.39, 0.29) is 5.56 Å². The van der Waals surface area contributed by atoms with Gasteiger partial charge < -0.3 is 0 Å². The molecule has 2 rings (SSSR count). The van der Waals surface area contributed by atoms with E-state index in [0.29, 0.717) is 11.8 Å². The predicted molar refractivity (Wildman–Crippen MR) is 74.1 cm³/mol. The number of hydrazone groups is 1. The molecule has 0 saturated carbocycles. The number of alkyl halides is 3. The van der Waals surface area contributed by atoms with Crippen molar-refractivity contribution in [3.05, 3.63) is 64.4 Å². The molecule has 0 aromatic heterocycles. The van der Waals surface area contributed by atoms with Crippen molar-refractivity contribution < 1.29 is 17.6 Å². The van der Waals surface area contributed by atoms with E-state index < -0.39 is 22.6 Å². The first-order valence-electron chi connectivity index (χ1n) is 5.78.